The summed E-state index contributed by atoms with van der Waals surface area (Å²) in [5.74, 6) is 0. The molecule has 0 radical (unpaired) electrons. The summed E-state index contributed by atoms with van der Waals surface area (Å²) in [7, 11) is 0. The molecule has 0 bridgehead atoms. The van der Waals surface area contributed by atoms with Crippen molar-refractivity contribution in [3.05, 3.63) is 56.2 Å². The highest BCUT2D eigenvalue weighted by Crippen LogP contribution is 2.37. The van der Waals surface area contributed by atoms with E-state index in [0.717, 1.165) is 21.2 Å². The highest BCUT2D eigenvalue weighted by atomic mass is 79.9. The second-order valence-electron chi connectivity index (χ2n) is 3.88. The van der Waals surface area contributed by atoms with Gasteiger partial charge in [-0.05, 0) is 34.5 Å². The summed E-state index contributed by atoms with van der Waals surface area (Å²) >= 11 is 5.04. The maximum atomic E-state index is 10.7. The lowest BCUT2D eigenvalue weighted by molar-refractivity contribution is 0.0547. The number of thiophene rings is 1. The van der Waals surface area contributed by atoms with Crippen molar-refractivity contribution in [1.29, 1.82) is 0 Å². The number of hydrogen-bond donors (Lipinski definition) is 2. The van der Waals surface area contributed by atoms with Crippen LogP contribution in [0.4, 0.5) is 0 Å². The Hall–Kier alpha value is -0.680. The van der Waals surface area contributed by atoms with Gasteiger partial charge in [-0.1, -0.05) is 22.0 Å². The first-order valence-electron chi connectivity index (χ1n) is 4.99. The Kier molecular flexibility index (Phi) is 2.40. The molecule has 0 fully saturated rings. The van der Waals surface area contributed by atoms with Crippen LogP contribution in [0.1, 0.15) is 16.7 Å². The van der Waals surface area contributed by atoms with Crippen LogP contribution in [0.25, 0.3) is 0 Å². The summed E-state index contributed by atoms with van der Waals surface area (Å²) in [6, 6.07) is 7.97. The number of halogens is 1. The van der Waals surface area contributed by atoms with Gasteiger partial charge in [0.1, 0.15) is 0 Å². The molecule has 2 heterocycles. The molecule has 2 N–H and O–H groups in total. The maximum absolute atomic E-state index is 10.7. The van der Waals surface area contributed by atoms with Crippen LogP contribution in [-0.2, 0) is 12.3 Å². The number of benzene rings is 1. The van der Waals surface area contributed by atoms with E-state index in [9.17, 15) is 5.11 Å². The topological polar surface area (TPSA) is 32.3 Å². The molecular weight excluding hydrogens is 286 g/mol. The fourth-order valence-electron chi connectivity index (χ4n) is 2.09. The van der Waals surface area contributed by atoms with Gasteiger partial charge in [-0.15, -0.1) is 0 Å². The van der Waals surface area contributed by atoms with Gasteiger partial charge in [0.2, 0.25) is 0 Å². The van der Waals surface area contributed by atoms with Crippen LogP contribution in [0.5, 0.6) is 0 Å². The predicted molar refractivity (Wildman–Crippen MR) is 68.3 cm³/mol. The molecule has 0 saturated heterocycles. The van der Waals surface area contributed by atoms with Crippen LogP contribution >= 0.6 is 27.3 Å². The lowest BCUT2D eigenvalue weighted by Crippen LogP contribution is -2.37. The van der Waals surface area contributed by atoms with Gasteiger partial charge in [0.05, 0.1) is 0 Å². The zero-order valence-corrected chi connectivity index (χ0v) is 10.8. The molecule has 3 rings (SSSR count). The second kappa shape index (κ2) is 3.67. The average molecular weight is 296 g/mol. The molecule has 4 heteroatoms. The van der Waals surface area contributed by atoms with Crippen molar-refractivity contribution >= 4 is 27.3 Å². The Labute approximate surface area is 106 Å². The predicted octanol–water partition coefficient (Wildman–Crippen LogP) is 2.81. The standard InChI is InChI=1S/C12H10BrNOS/c13-10-2-1-8-6-14-12(15,11(8)5-10)9-3-4-16-7-9/h1-5,7,14-15H,6H2. The van der Waals surface area contributed by atoms with Gasteiger partial charge in [0, 0.05) is 22.1 Å². The smallest absolute Gasteiger partial charge is 0.169 e. The molecule has 1 atom stereocenters. The van der Waals surface area contributed by atoms with Crippen molar-refractivity contribution in [2.75, 3.05) is 0 Å². The molecule has 1 aliphatic rings. The molecule has 82 valence electrons. The van der Waals surface area contributed by atoms with Crippen LogP contribution < -0.4 is 5.32 Å². The summed E-state index contributed by atoms with van der Waals surface area (Å²) in [5, 5.41) is 17.8. The van der Waals surface area contributed by atoms with E-state index in [-0.39, 0.29) is 0 Å². The van der Waals surface area contributed by atoms with Crippen molar-refractivity contribution in [2.24, 2.45) is 0 Å². The number of hydrogen-bond acceptors (Lipinski definition) is 3. The van der Waals surface area contributed by atoms with Crippen LogP contribution in [0.3, 0.4) is 0 Å². The Bertz CT molecular complexity index is 526. The monoisotopic (exact) mass is 295 g/mol. The number of fused-ring (bicyclic) bond motifs is 1. The lowest BCUT2D eigenvalue weighted by atomic mass is 9.97. The van der Waals surface area contributed by atoms with Crippen LogP contribution in [0, 0.1) is 0 Å². The zero-order valence-electron chi connectivity index (χ0n) is 8.40. The fourth-order valence-corrected chi connectivity index (χ4v) is 3.15. The molecule has 0 amide bonds. The molecule has 16 heavy (non-hydrogen) atoms. The first-order chi connectivity index (χ1) is 7.70. The molecule has 1 aromatic heterocycles. The van der Waals surface area contributed by atoms with Gasteiger partial charge in [0.25, 0.3) is 0 Å². The summed E-state index contributed by atoms with van der Waals surface area (Å²) in [5.41, 5.74) is 1.98. The minimum atomic E-state index is -1.03. The number of rotatable bonds is 1. The molecule has 2 nitrogen and oxygen atoms in total. The minimum absolute atomic E-state index is 0.703. The Morgan fingerprint density at radius 3 is 3.00 bits per heavy atom. The van der Waals surface area contributed by atoms with Crippen molar-refractivity contribution in [3.8, 4) is 0 Å². The van der Waals surface area contributed by atoms with E-state index in [2.05, 4.69) is 21.2 Å². The number of aliphatic hydroxyl groups is 1. The Morgan fingerprint density at radius 1 is 1.38 bits per heavy atom. The molecule has 0 spiro atoms. The van der Waals surface area contributed by atoms with E-state index in [1.165, 1.54) is 0 Å². The Balaban J connectivity index is 2.18. The van der Waals surface area contributed by atoms with E-state index >= 15 is 0 Å². The van der Waals surface area contributed by atoms with Crippen molar-refractivity contribution < 1.29 is 5.11 Å². The van der Waals surface area contributed by atoms with Crippen LogP contribution in [-0.4, -0.2) is 5.11 Å². The maximum Gasteiger partial charge on any atom is 0.169 e. The first kappa shape index (κ1) is 10.5. The van der Waals surface area contributed by atoms with Gasteiger partial charge >= 0.3 is 0 Å². The third-order valence-electron chi connectivity index (χ3n) is 2.94. The second-order valence-corrected chi connectivity index (χ2v) is 5.57. The van der Waals surface area contributed by atoms with Gasteiger partial charge in [-0.25, -0.2) is 0 Å². The quantitative estimate of drug-likeness (QED) is 0.848. The van der Waals surface area contributed by atoms with E-state index in [1.54, 1.807) is 11.3 Å². The molecular formula is C12H10BrNOS. The van der Waals surface area contributed by atoms with E-state index in [4.69, 9.17) is 0 Å². The van der Waals surface area contributed by atoms with Crippen molar-refractivity contribution in [1.82, 2.24) is 5.32 Å². The van der Waals surface area contributed by atoms with E-state index < -0.39 is 5.72 Å². The zero-order chi connectivity index (χ0) is 11.2. The third-order valence-corrected chi connectivity index (χ3v) is 4.11. The molecule has 1 unspecified atom stereocenters. The first-order valence-corrected chi connectivity index (χ1v) is 6.73. The van der Waals surface area contributed by atoms with E-state index in [0.29, 0.717) is 6.54 Å². The molecule has 2 aromatic rings. The molecule has 0 saturated carbocycles. The van der Waals surface area contributed by atoms with E-state index in [1.807, 2.05) is 35.0 Å². The highest BCUT2D eigenvalue weighted by molar-refractivity contribution is 9.10. The van der Waals surface area contributed by atoms with Crippen LogP contribution in [0.2, 0.25) is 0 Å². The largest absolute Gasteiger partial charge is 0.367 e. The Morgan fingerprint density at radius 2 is 2.25 bits per heavy atom. The van der Waals surface area contributed by atoms with Gasteiger partial charge in [-0.3, -0.25) is 5.32 Å². The highest BCUT2D eigenvalue weighted by Gasteiger charge is 2.38. The summed E-state index contributed by atoms with van der Waals surface area (Å²) in [6.07, 6.45) is 0. The summed E-state index contributed by atoms with van der Waals surface area (Å²) in [4.78, 5) is 0. The van der Waals surface area contributed by atoms with Crippen molar-refractivity contribution in [2.45, 2.75) is 12.3 Å². The summed E-state index contributed by atoms with van der Waals surface area (Å²) < 4.78 is 0.989. The molecule has 1 aromatic carbocycles. The number of nitrogens with one attached hydrogen (secondary N) is 1. The lowest BCUT2D eigenvalue weighted by Gasteiger charge is -2.23. The minimum Gasteiger partial charge on any atom is -0.367 e. The SMILES string of the molecule is OC1(c2ccsc2)NCc2ccc(Br)cc21. The van der Waals surface area contributed by atoms with Crippen molar-refractivity contribution in [3.63, 3.8) is 0 Å². The molecule has 1 aliphatic heterocycles. The van der Waals surface area contributed by atoms with Gasteiger partial charge in [-0.2, -0.15) is 11.3 Å². The van der Waals surface area contributed by atoms with Gasteiger partial charge < -0.3 is 5.11 Å². The van der Waals surface area contributed by atoms with Crippen LogP contribution in [0.15, 0.2) is 39.5 Å². The fraction of sp³-hybridized carbons (Fsp3) is 0.167. The van der Waals surface area contributed by atoms with Gasteiger partial charge in [0.15, 0.2) is 5.72 Å². The molecule has 0 aliphatic carbocycles. The normalized spacial score (nSPS) is 23.4. The third kappa shape index (κ3) is 1.45. The average Bonchev–Trinajstić information content (AvgIpc) is 2.88. The summed E-state index contributed by atoms with van der Waals surface area (Å²) in [6.45, 7) is 0.703.